The Morgan fingerprint density at radius 2 is 2.04 bits per heavy atom. The number of anilines is 3. The molecular weight excluding hydrogens is 322 g/mol. The van der Waals surface area contributed by atoms with Crippen molar-refractivity contribution < 1.29 is 4.79 Å². The molecule has 0 spiro atoms. The largest absolute Gasteiger partial charge is 0.353 e. The molecule has 24 heavy (non-hydrogen) atoms. The number of rotatable bonds is 4. The van der Waals surface area contributed by atoms with Crippen LogP contribution in [0, 0.1) is 12.8 Å². The fourth-order valence-corrected chi connectivity index (χ4v) is 2.78. The molecule has 2 heterocycles. The molecule has 3 N–H and O–H groups in total. The molecule has 0 unspecified atom stereocenters. The molecule has 6 nitrogen and oxygen atoms in total. The maximum absolute atomic E-state index is 12.0. The molecule has 3 aromatic rings. The number of imidazole rings is 1. The van der Waals surface area contributed by atoms with Gasteiger partial charge in [-0.05, 0) is 31.9 Å². The maximum Gasteiger partial charge on any atom is 0.228 e. The van der Waals surface area contributed by atoms with Gasteiger partial charge in [-0.25, -0.2) is 9.97 Å². The minimum absolute atomic E-state index is 0.0228. The van der Waals surface area contributed by atoms with Gasteiger partial charge >= 0.3 is 0 Å². The highest BCUT2D eigenvalue weighted by molar-refractivity contribution is 7.80. The van der Waals surface area contributed by atoms with Crippen LogP contribution in [0.25, 0.3) is 11.2 Å². The summed E-state index contributed by atoms with van der Waals surface area (Å²) in [6, 6.07) is 9.55. The van der Waals surface area contributed by atoms with E-state index in [1.165, 1.54) is 0 Å². The summed E-state index contributed by atoms with van der Waals surface area (Å²) in [4.78, 5) is 24.9. The number of thiol groups is 1. The van der Waals surface area contributed by atoms with Crippen molar-refractivity contribution in [1.29, 1.82) is 0 Å². The van der Waals surface area contributed by atoms with Crippen LogP contribution in [0.1, 0.15) is 18.7 Å². The normalized spacial score (nSPS) is 13.9. The van der Waals surface area contributed by atoms with E-state index < -0.39 is 0 Å². The third kappa shape index (κ3) is 2.94. The van der Waals surface area contributed by atoms with Crippen LogP contribution in [-0.4, -0.2) is 20.9 Å². The number of hydrogen-bond acceptors (Lipinski definition) is 5. The molecule has 4 rings (SSSR count). The Bertz CT molecular complexity index is 932. The molecule has 0 saturated heterocycles. The first kappa shape index (κ1) is 15.0. The number of aromatic amines is 1. The fourth-order valence-electron chi connectivity index (χ4n) is 2.56. The van der Waals surface area contributed by atoms with Gasteiger partial charge in [0.1, 0.15) is 17.2 Å². The summed E-state index contributed by atoms with van der Waals surface area (Å²) in [6.45, 7) is 1.88. The van der Waals surface area contributed by atoms with E-state index in [2.05, 4.69) is 38.2 Å². The third-order valence-electron chi connectivity index (χ3n) is 3.95. The number of hydrogen-bond donors (Lipinski definition) is 4. The van der Waals surface area contributed by atoms with Crippen LogP contribution in [0.3, 0.4) is 0 Å². The molecule has 0 radical (unpaired) electrons. The van der Waals surface area contributed by atoms with Crippen LogP contribution in [0.2, 0.25) is 0 Å². The number of benzene rings is 1. The van der Waals surface area contributed by atoms with E-state index in [0.717, 1.165) is 40.5 Å². The van der Waals surface area contributed by atoms with Crippen molar-refractivity contribution >= 4 is 46.9 Å². The quantitative estimate of drug-likeness (QED) is 0.547. The van der Waals surface area contributed by atoms with Crippen molar-refractivity contribution in [3.63, 3.8) is 0 Å². The van der Waals surface area contributed by atoms with Gasteiger partial charge in [0.05, 0.1) is 11.4 Å². The summed E-state index contributed by atoms with van der Waals surface area (Å²) in [5.41, 5.74) is 3.04. The van der Waals surface area contributed by atoms with Crippen LogP contribution in [0.5, 0.6) is 0 Å². The van der Waals surface area contributed by atoms with Gasteiger partial charge in [0.25, 0.3) is 0 Å². The predicted molar refractivity (Wildman–Crippen MR) is 97.0 cm³/mol. The average molecular weight is 339 g/mol. The molecule has 1 fully saturated rings. The summed E-state index contributed by atoms with van der Waals surface area (Å²) in [6.07, 6.45) is 1.90. The van der Waals surface area contributed by atoms with Gasteiger partial charge in [-0.3, -0.25) is 4.79 Å². The minimum Gasteiger partial charge on any atom is -0.353 e. The molecule has 1 aromatic carbocycles. The SMILES string of the molecule is Cc1nc2nc(NC(=O)C3CC3)cc(Nc3ccccc3S)c2[nH]1. The smallest absolute Gasteiger partial charge is 0.228 e. The Kier molecular flexibility index (Phi) is 3.65. The first-order valence-corrected chi connectivity index (χ1v) is 8.28. The second kappa shape index (κ2) is 5.83. The highest BCUT2D eigenvalue weighted by atomic mass is 32.1. The monoisotopic (exact) mass is 339 g/mol. The molecule has 1 aliphatic carbocycles. The van der Waals surface area contributed by atoms with Gasteiger partial charge in [-0.2, -0.15) is 0 Å². The number of aromatic nitrogens is 3. The van der Waals surface area contributed by atoms with E-state index >= 15 is 0 Å². The van der Waals surface area contributed by atoms with Gasteiger partial charge < -0.3 is 15.6 Å². The number of fused-ring (bicyclic) bond motifs is 1. The Morgan fingerprint density at radius 1 is 1.25 bits per heavy atom. The number of nitrogens with zero attached hydrogens (tertiary/aromatic N) is 2. The Labute approximate surface area is 144 Å². The van der Waals surface area contributed by atoms with E-state index in [1.54, 1.807) is 0 Å². The number of H-pyrrole nitrogens is 1. The van der Waals surface area contributed by atoms with Crippen LogP contribution >= 0.6 is 12.6 Å². The second-order valence-corrected chi connectivity index (χ2v) is 6.46. The van der Waals surface area contributed by atoms with Gasteiger partial charge in [-0.15, -0.1) is 12.6 Å². The van der Waals surface area contributed by atoms with Crippen LogP contribution in [0.15, 0.2) is 35.2 Å². The molecule has 0 bridgehead atoms. The van der Waals surface area contributed by atoms with Crippen LogP contribution < -0.4 is 10.6 Å². The van der Waals surface area contributed by atoms with Crippen molar-refractivity contribution in [2.45, 2.75) is 24.7 Å². The summed E-state index contributed by atoms with van der Waals surface area (Å²) in [7, 11) is 0. The first-order chi connectivity index (χ1) is 11.6. The fraction of sp³-hybridized carbons (Fsp3) is 0.235. The highest BCUT2D eigenvalue weighted by Gasteiger charge is 2.30. The lowest BCUT2D eigenvalue weighted by molar-refractivity contribution is -0.117. The number of nitrogens with one attached hydrogen (secondary N) is 3. The van der Waals surface area contributed by atoms with E-state index in [0.29, 0.717) is 11.5 Å². The van der Waals surface area contributed by atoms with Crippen molar-refractivity contribution in [1.82, 2.24) is 15.0 Å². The molecule has 0 aliphatic heterocycles. The number of carbonyl (C=O) groups is 1. The van der Waals surface area contributed by atoms with Crippen molar-refractivity contribution in [3.05, 3.63) is 36.2 Å². The number of para-hydroxylation sites is 1. The number of amides is 1. The zero-order chi connectivity index (χ0) is 16.7. The molecule has 0 atom stereocenters. The summed E-state index contributed by atoms with van der Waals surface area (Å²) < 4.78 is 0. The Balaban J connectivity index is 1.74. The zero-order valence-corrected chi connectivity index (χ0v) is 14.0. The average Bonchev–Trinajstić information content (AvgIpc) is 3.32. The first-order valence-electron chi connectivity index (χ1n) is 7.83. The van der Waals surface area contributed by atoms with E-state index in [-0.39, 0.29) is 11.8 Å². The lowest BCUT2D eigenvalue weighted by atomic mass is 10.2. The lowest BCUT2D eigenvalue weighted by Gasteiger charge is -2.11. The predicted octanol–water partition coefficient (Wildman–Crippen LogP) is 3.65. The zero-order valence-electron chi connectivity index (χ0n) is 13.1. The van der Waals surface area contributed by atoms with Gasteiger partial charge in [0, 0.05) is 16.9 Å². The molecule has 7 heteroatoms. The van der Waals surface area contributed by atoms with Crippen LogP contribution in [-0.2, 0) is 4.79 Å². The lowest BCUT2D eigenvalue weighted by Crippen LogP contribution is -2.14. The Hall–Kier alpha value is -2.54. The van der Waals surface area contributed by atoms with E-state index in [1.807, 2.05) is 37.3 Å². The minimum atomic E-state index is 0.0228. The topological polar surface area (TPSA) is 82.7 Å². The number of carbonyl (C=O) groups excluding carboxylic acids is 1. The van der Waals surface area contributed by atoms with Crippen molar-refractivity contribution in [3.8, 4) is 0 Å². The highest BCUT2D eigenvalue weighted by Crippen LogP contribution is 2.32. The summed E-state index contributed by atoms with van der Waals surface area (Å²) in [5, 5.41) is 6.23. The number of aryl methyl sites for hydroxylation is 1. The third-order valence-corrected chi connectivity index (χ3v) is 4.34. The van der Waals surface area contributed by atoms with Gasteiger partial charge in [0.15, 0.2) is 5.65 Å². The maximum atomic E-state index is 12.0. The molecular formula is C17H17N5OS. The van der Waals surface area contributed by atoms with Gasteiger partial charge in [-0.1, -0.05) is 12.1 Å². The Morgan fingerprint density at radius 3 is 2.79 bits per heavy atom. The molecule has 1 saturated carbocycles. The standard InChI is InChI=1S/C17H17N5OS/c1-9-18-15-12(20-11-4-2-3-5-13(11)24)8-14(21-16(15)19-9)22-17(23)10-6-7-10/h2-5,8,10,24H,6-7H2,1H3,(H3,18,19,20,21,22,23). The summed E-state index contributed by atoms with van der Waals surface area (Å²) in [5.74, 6) is 1.42. The molecule has 122 valence electrons. The molecule has 2 aromatic heterocycles. The van der Waals surface area contributed by atoms with Crippen molar-refractivity contribution in [2.24, 2.45) is 5.92 Å². The van der Waals surface area contributed by atoms with E-state index in [4.69, 9.17) is 0 Å². The van der Waals surface area contributed by atoms with Gasteiger partial charge in [0.2, 0.25) is 5.91 Å². The van der Waals surface area contributed by atoms with Crippen molar-refractivity contribution in [2.75, 3.05) is 10.6 Å². The number of pyridine rings is 1. The van der Waals surface area contributed by atoms with E-state index in [9.17, 15) is 4.79 Å². The summed E-state index contributed by atoms with van der Waals surface area (Å²) >= 11 is 4.47. The molecule has 1 amide bonds. The van der Waals surface area contributed by atoms with Crippen LogP contribution in [0.4, 0.5) is 17.2 Å². The molecule has 1 aliphatic rings. The second-order valence-electron chi connectivity index (χ2n) is 5.98.